The Morgan fingerprint density at radius 1 is 1.58 bits per heavy atom. The van der Waals surface area contributed by atoms with Crippen LogP contribution in [0.2, 0.25) is 0 Å². The molecule has 0 amide bonds. The third kappa shape index (κ3) is 3.14. The van der Waals surface area contributed by atoms with Crippen molar-refractivity contribution in [1.82, 2.24) is 14.1 Å². The first-order chi connectivity index (χ1) is 8.86. The Labute approximate surface area is 113 Å². The molecule has 2 N–H and O–H groups in total. The number of aryl methyl sites for hydroxylation is 1. The van der Waals surface area contributed by atoms with Crippen molar-refractivity contribution in [2.45, 2.75) is 11.8 Å². The number of anilines is 1. The molecule has 0 radical (unpaired) electrons. The Morgan fingerprint density at radius 3 is 2.63 bits per heavy atom. The largest absolute Gasteiger partial charge is 0.383 e. The summed E-state index contributed by atoms with van der Waals surface area (Å²) in [6.07, 6.45) is 1.52. The highest BCUT2D eigenvalue weighted by Crippen LogP contribution is 2.24. The first-order valence-electron chi connectivity index (χ1n) is 5.75. The standard InChI is InChI=1S/C11H20N4O3S/c1-5-6-15(7-8-18-4)19(16,17)10-9(2)14(3)13-11(10)12/h5H,1,6-8H2,2-4H3,(H2,12,13). The third-order valence-electron chi connectivity index (χ3n) is 2.78. The number of nitrogens with zero attached hydrogens (tertiary/aromatic N) is 3. The zero-order valence-corrected chi connectivity index (χ0v) is 12.3. The molecular weight excluding hydrogens is 268 g/mol. The van der Waals surface area contributed by atoms with Gasteiger partial charge in [0, 0.05) is 27.2 Å². The number of hydrogen-bond acceptors (Lipinski definition) is 5. The lowest BCUT2D eigenvalue weighted by Crippen LogP contribution is -2.34. The van der Waals surface area contributed by atoms with Crippen molar-refractivity contribution >= 4 is 15.8 Å². The van der Waals surface area contributed by atoms with Gasteiger partial charge >= 0.3 is 0 Å². The van der Waals surface area contributed by atoms with Crippen LogP contribution in [0.15, 0.2) is 17.6 Å². The first kappa shape index (κ1) is 15.7. The summed E-state index contributed by atoms with van der Waals surface area (Å²) in [6.45, 7) is 5.96. The summed E-state index contributed by atoms with van der Waals surface area (Å²) >= 11 is 0. The van der Waals surface area contributed by atoms with Crippen molar-refractivity contribution < 1.29 is 13.2 Å². The molecule has 0 spiro atoms. The molecule has 0 unspecified atom stereocenters. The molecule has 1 rings (SSSR count). The molecular formula is C11H20N4O3S. The number of nitrogens with two attached hydrogens (primary N) is 1. The quantitative estimate of drug-likeness (QED) is 0.720. The Hall–Kier alpha value is -1.38. The lowest BCUT2D eigenvalue weighted by Gasteiger charge is -2.20. The van der Waals surface area contributed by atoms with Gasteiger partial charge in [0.05, 0.1) is 12.3 Å². The van der Waals surface area contributed by atoms with E-state index in [0.29, 0.717) is 12.3 Å². The summed E-state index contributed by atoms with van der Waals surface area (Å²) in [5, 5.41) is 3.93. The van der Waals surface area contributed by atoms with E-state index >= 15 is 0 Å². The minimum Gasteiger partial charge on any atom is -0.383 e. The molecule has 0 aromatic carbocycles. The molecule has 0 bridgehead atoms. The van der Waals surface area contributed by atoms with E-state index in [9.17, 15) is 8.42 Å². The number of methoxy groups -OCH3 is 1. The number of ether oxygens (including phenoxy) is 1. The van der Waals surface area contributed by atoms with E-state index in [0.717, 1.165) is 0 Å². The summed E-state index contributed by atoms with van der Waals surface area (Å²) in [4.78, 5) is 0.0490. The van der Waals surface area contributed by atoms with Gasteiger partial charge in [0.15, 0.2) is 5.82 Å². The molecule has 108 valence electrons. The van der Waals surface area contributed by atoms with Crippen LogP contribution in [0.1, 0.15) is 5.69 Å². The molecule has 0 aliphatic carbocycles. The summed E-state index contributed by atoms with van der Waals surface area (Å²) in [6, 6.07) is 0. The highest BCUT2D eigenvalue weighted by atomic mass is 32.2. The molecule has 19 heavy (non-hydrogen) atoms. The Balaban J connectivity index is 3.22. The van der Waals surface area contributed by atoms with Crippen LogP contribution in [0, 0.1) is 6.92 Å². The minimum absolute atomic E-state index is 0.00600. The maximum atomic E-state index is 12.6. The Morgan fingerprint density at radius 2 is 2.21 bits per heavy atom. The molecule has 1 aromatic heterocycles. The van der Waals surface area contributed by atoms with Gasteiger partial charge in [0.1, 0.15) is 4.90 Å². The SMILES string of the molecule is C=CCN(CCOC)S(=O)(=O)c1c(N)nn(C)c1C. The molecule has 0 saturated heterocycles. The maximum absolute atomic E-state index is 12.6. The van der Waals surface area contributed by atoms with Gasteiger partial charge in [-0.15, -0.1) is 6.58 Å². The normalized spacial score (nSPS) is 12.0. The van der Waals surface area contributed by atoms with Crippen molar-refractivity contribution in [3.63, 3.8) is 0 Å². The van der Waals surface area contributed by atoms with Crippen LogP contribution in [-0.4, -0.2) is 49.3 Å². The van der Waals surface area contributed by atoms with Crippen LogP contribution in [0.5, 0.6) is 0 Å². The van der Waals surface area contributed by atoms with Crippen LogP contribution in [0.4, 0.5) is 5.82 Å². The molecule has 0 fully saturated rings. The van der Waals surface area contributed by atoms with E-state index in [1.807, 2.05) is 0 Å². The lowest BCUT2D eigenvalue weighted by atomic mass is 10.5. The van der Waals surface area contributed by atoms with Crippen molar-refractivity contribution in [2.24, 2.45) is 7.05 Å². The van der Waals surface area contributed by atoms with E-state index in [1.165, 1.54) is 22.2 Å². The monoisotopic (exact) mass is 288 g/mol. The Bertz CT molecular complexity index is 551. The van der Waals surface area contributed by atoms with Gasteiger partial charge in [-0.3, -0.25) is 4.68 Å². The summed E-state index contributed by atoms with van der Waals surface area (Å²) in [7, 11) is -0.535. The summed E-state index contributed by atoms with van der Waals surface area (Å²) in [5.74, 6) is 0.00600. The van der Waals surface area contributed by atoms with Gasteiger partial charge in [-0.2, -0.15) is 9.40 Å². The van der Waals surface area contributed by atoms with Gasteiger partial charge in [-0.25, -0.2) is 8.42 Å². The van der Waals surface area contributed by atoms with E-state index in [2.05, 4.69) is 11.7 Å². The zero-order valence-electron chi connectivity index (χ0n) is 11.5. The van der Waals surface area contributed by atoms with Gasteiger partial charge in [-0.1, -0.05) is 6.08 Å². The van der Waals surface area contributed by atoms with Crippen LogP contribution < -0.4 is 5.73 Å². The zero-order chi connectivity index (χ0) is 14.6. The average molecular weight is 288 g/mol. The number of nitrogen functional groups attached to an aromatic ring is 1. The smallest absolute Gasteiger partial charge is 0.248 e. The topological polar surface area (TPSA) is 90.4 Å². The fourth-order valence-electron chi connectivity index (χ4n) is 1.71. The van der Waals surface area contributed by atoms with Crippen LogP contribution in [-0.2, 0) is 21.8 Å². The molecule has 7 nitrogen and oxygen atoms in total. The van der Waals surface area contributed by atoms with Gasteiger partial charge < -0.3 is 10.5 Å². The van der Waals surface area contributed by atoms with Gasteiger partial charge in [0.25, 0.3) is 0 Å². The molecule has 0 aliphatic heterocycles. The van der Waals surface area contributed by atoms with E-state index in [4.69, 9.17) is 10.5 Å². The summed E-state index contributed by atoms with van der Waals surface area (Å²) < 4.78 is 32.8. The van der Waals surface area contributed by atoms with Crippen molar-refractivity contribution in [3.8, 4) is 0 Å². The molecule has 1 heterocycles. The molecule has 8 heteroatoms. The number of aromatic nitrogens is 2. The van der Waals surface area contributed by atoms with Crippen LogP contribution in [0.25, 0.3) is 0 Å². The molecule has 0 saturated carbocycles. The van der Waals surface area contributed by atoms with E-state index in [1.54, 1.807) is 14.0 Å². The number of rotatable bonds is 7. The van der Waals surface area contributed by atoms with Crippen molar-refractivity contribution in [1.29, 1.82) is 0 Å². The van der Waals surface area contributed by atoms with Crippen LogP contribution in [0.3, 0.4) is 0 Å². The molecule has 0 atom stereocenters. The predicted molar refractivity (Wildman–Crippen MR) is 73.2 cm³/mol. The van der Waals surface area contributed by atoms with Crippen LogP contribution >= 0.6 is 0 Å². The Kier molecular flexibility index (Phi) is 5.10. The second-order valence-corrected chi connectivity index (χ2v) is 5.94. The second-order valence-electron chi connectivity index (χ2n) is 4.07. The highest BCUT2D eigenvalue weighted by molar-refractivity contribution is 7.89. The fourth-order valence-corrected chi connectivity index (χ4v) is 3.39. The summed E-state index contributed by atoms with van der Waals surface area (Å²) in [5.41, 5.74) is 6.20. The molecule has 0 aliphatic rings. The number of sulfonamides is 1. The van der Waals surface area contributed by atoms with Crippen molar-refractivity contribution in [3.05, 3.63) is 18.3 Å². The third-order valence-corrected chi connectivity index (χ3v) is 4.81. The van der Waals surface area contributed by atoms with Gasteiger partial charge in [0.2, 0.25) is 10.0 Å². The lowest BCUT2D eigenvalue weighted by molar-refractivity contribution is 0.182. The first-order valence-corrected chi connectivity index (χ1v) is 7.19. The van der Waals surface area contributed by atoms with E-state index in [-0.39, 0.29) is 23.8 Å². The fraction of sp³-hybridized carbons (Fsp3) is 0.545. The number of hydrogen-bond donors (Lipinski definition) is 1. The van der Waals surface area contributed by atoms with Gasteiger partial charge in [-0.05, 0) is 6.92 Å². The minimum atomic E-state index is -3.70. The highest BCUT2D eigenvalue weighted by Gasteiger charge is 2.30. The maximum Gasteiger partial charge on any atom is 0.248 e. The van der Waals surface area contributed by atoms with E-state index < -0.39 is 10.0 Å². The second kappa shape index (κ2) is 6.18. The van der Waals surface area contributed by atoms with Crippen molar-refractivity contribution in [2.75, 3.05) is 32.5 Å². The average Bonchev–Trinajstić information content (AvgIpc) is 2.58. The predicted octanol–water partition coefficient (Wildman–Crippen LogP) is 0.134. The molecule has 1 aromatic rings.